The summed E-state index contributed by atoms with van der Waals surface area (Å²) < 4.78 is 18.0. The summed E-state index contributed by atoms with van der Waals surface area (Å²) in [6.07, 6.45) is -0.383. The third-order valence-electron chi connectivity index (χ3n) is 1.96. The van der Waals surface area contributed by atoms with Crippen LogP contribution in [0, 0.1) is 17.1 Å². The van der Waals surface area contributed by atoms with E-state index in [0.29, 0.717) is 6.42 Å². The third-order valence-corrected chi connectivity index (χ3v) is 1.96. The molecule has 0 aromatic heterocycles. The Labute approximate surface area is 91.9 Å². The topological polar surface area (TPSA) is 70.3 Å². The van der Waals surface area contributed by atoms with Crippen LogP contribution in [0.1, 0.15) is 23.7 Å². The quantitative estimate of drug-likeness (QED) is 0.849. The first-order valence-corrected chi connectivity index (χ1v) is 4.67. The summed E-state index contributed by atoms with van der Waals surface area (Å²) in [4.78, 5) is 10.8. The van der Waals surface area contributed by atoms with Crippen molar-refractivity contribution < 1.29 is 19.0 Å². The molecule has 1 unspecified atom stereocenters. The predicted molar refractivity (Wildman–Crippen MR) is 53.7 cm³/mol. The fourth-order valence-corrected chi connectivity index (χ4v) is 1.12. The number of hydrogen-bond acceptors (Lipinski definition) is 3. The highest BCUT2D eigenvalue weighted by atomic mass is 19.1. The van der Waals surface area contributed by atoms with Gasteiger partial charge in [0.15, 0.2) is 6.10 Å². The Bertz CT molecular complexity index is 439. The van der Waals surface area contributed by atoms with E-state index in [1.165, 1.54) is 0 Å². The van der Waals surface area contributed by atoms with Gasteiger partial charge in [0.1, 0.15) is 23.2 Å². The summed E-state index contributed by atoms with van der Waals surface area (Å²) >= 11 is 0. The molecule has 1 atom stereocenters. The van der Waals surface area contributed by atoms with Crippen LogP contribution in [0.25, 0.3) is 0 Å². The molecule has 1 rings (SSSR count). The zero-order valence-electron chi connectivity index (χ0n) is 8.61. The molecular weight excluding hydrogens is 213 g/mol. The number of hydrogen-bond donors (Lipinski definition) is 1. The van der Waals surface area contributed by atoms with Gasteiger partial charge in [-0.15, -0.1) is 0 Å². The molecule has 0 heterocycles. The molecule has 0 aliphatic rings. The van der Waals surface area contributed by atoms with E-state index in [0.717, 1.165) is 18.2 Å². The van der Waals surface area contributed by atoms with Gasteiger partial charge in [-0.2, -0.15) is 5.26 Å². The van der Waals surface area contributed by atoms with E-state index >= 15 is 0 Å². The number of halogens is 1. The molecule has 1 aromatic rings. The van der Waals surface area contributed by atoms with Crippen molar-refractivity contribution in [1.82, 2.24) is 0 Å². The first-order chi connectivity index (χ1) is 7.58. The van der Waals surface area contributed by atoms with Crippen LogP contribution in [0.5, 0.6) is 5.75 Å². The number of carbonyl (C=O) groups is 1. The maximum absolute atomic E-state index is 12.9. The van der Waals surface area contributed by atoms with Crippen molar-refractivity contribution in [2.24, 2.45) is 0 Å². The lowest BCUT2D eigenvalue weighted by molar-refractivity contribution is 0.0690. The molecule has 1 aromatic carbocycles. The SMILES string of the molecule is CCC(C#N)Oc1cc(F)ccc1C(=O)O. The molecule has 5 heteroatoms. The zero-order chi connectivity index (χ0) is 12.1. The molecular formula is C11H10FNO3. The van der Waals surface area contributed by atoms with E-state index in [9.17, 15) is 9.18 Å². The number of nitriles is 1. The minimum absolute atomic E-state index is 0.124. The van der Waals surface area contributed by atoms with Gasteiger partial charge in [-0.05, 0) is 18.6 Å². The van der Waals surface area contributed by atoms with E-state index < -0.39 is 17.9 Å². The molecule has 0 saturated carbocycles. The smallest absolute Gasteiger partial charge is 0.339 e. The minimum Gasteiger partial charge on any atom is -0.478 e. The van der Waals surface area contributed by atoms with Gasteiger partial charge in [0, 0.05) is 6.07 Å². The molecule has 0 bridgehead atoms. The van der Waals surface area contributed by atoms with Crippen molar-refractivity contribution in [3.05, 3.63) is 29.6 Å². The zero-order valence-corrected chi connectivity index (χ0v) is 8.61. The van der Waals surface area contributed by atoms with Gasteiger partial charge in [0.25, 0.3) is 0 Å². The fourth-order valence-electron chi connectivity index (χ4n) is 1.12. The van der Waals surface area contributed by atoms with E-state index in [1.807, 2.05) is 6.07 Å². The number of rotatable bonds is 4. The lowest BCUT2D eigenvalue weighted by atomic mass is 10.2. The average Bonchev–Trinajstić information content (AvgIpc) is 2.25. The van der Waals surface area contributed by atoms with Crippen LogP contribution >= 0.6 is 0 Å². The number of nitrogens with zero attached hydrogens (tertiary/aromatic N) is 1. The molecule has 0 fully saturated rings. The average molecular weight is 223 g/mol. The van der Waals surface area contributed by atoms with Gasteiger partial charge in [-0.25, -0.2) is 9.18 Å². The summed E-state index contributed by atoms with van der Waals surface area (Å²) in [6, 6.07) is 4.95. The molecule has 0 aliphatic heterocycles. The molecule has 0 radical (unpaired) electrons. The van der Waals surface area contributed by atoms with E-state index in [4.69, 9.17) is 15.1 Å². The fraction of sp³-hybridized carbons (Fsp3) is 0.273. The Hall–Kier alpha value is -2.09. The van der Waals surface area contributed by atoms with Crippen molar-refractivity contribution in [2.75, 3.05) is 0 Å². The Morgan fingerprint density at radius 2 is 2.38 bits per heavy atom. The van der Waals surface area contributed by atoms with Crippen LogP contribution in [-0.4, -0.2) is 17.2 Å². The van der Waals surface area contributed by atoms with Gasteiger partial charge in [-0.3, -0.25) is 0 Å². The minimum atomic E-state index is -1.22. The standard InChI is InChI=1S/C11H10FNO3/c1-2-8(6-13)16-10-5-7(12)3-4-9(10)11(14)15/h3-5,8H,2H2,1H3,(H,14,15). The first-order valence-electron chi connectivity index (χ1n) is 4.67. The van der Waals surface area contributed by atoms with Gasteiger partial charge in [0.2, 0.25) is 0 Å². The summed E-state index contributed by atoms with van der Waals surface area (Å²) in [5.74, 6) is -1.95. The lowest BCUT2D eigenvalue weighted by Crippen LogP contribution is -2.14. The van der Waals surface area contributed by atoms with Crippen molar-refractivity contribution in [2.45, 2.75) is 19.4 Å². The number of carboxylic acid groups (broad SMARTS) is 1. The summed E-state index contributed by atoms with van der Waals surface area (Å²) in [6.45, 7) is 1.72. The van der Waals surface area contributed by atoms with Gasteiger partial charge < -0.3 is 9.84 Å². The maximum Gasteiger partial charge on any atom is 0.339 e. The highest BCUT2D eigenvalue weighted by Gasteiger charge is 2.15. The number of ether oxygens (including phenoxy) is 1. The Balaban J connectivity index is 3.06. The third kappa shape index (κ3) is 2.70. The van der Waals surface area contributed by atoms with Crippen LogP contribution in [-0.2, 0) is 0 Å². The maximum atomic E-state index is 12.9. The van der Waals surface area contributed by atoms with E-state index in [-0.39, 0.29) is 11.3 Å². The van der Waals surface area contributed by atoms with Crippen LogP contribution < -0.4 is 4.74 Å². The predicted octanol–water partition coefficient (Wildman–Crippen LogP) is 2.20. The lowest BCUT2D eigenvalue weighted by Gasteiger charge is -2.12. The summed E-state index contributed by atoms with van der Waals surface area (Å²) in [5, 5.41) is 17.5. The van der Waals surface area contributed by atoms with Crippen LogP contribution in [0.15, 0.2) is 18.2 Å². The number of carboxylic acids is 1. The second-order valence-electron chi connectivity index (χ2n) is 3.09. The van der Waals surface area contributed by atoms with Gasteiger partial charge >= 0.3 is 5.97 Å². The van der Waals surface area contributed by atoms with Crippen molar-refractivity contribution >= 4 is 5.97 Å². The Morgan fingerprint density at radius 3 is 2.88 bits per heavy atom. The normalized spacial score (nSPS) is 11.6. The van der Waals surface area contributed by atoms with Crippen LogP contribution in [0.3, 0.4) is 0 Å². The molecule has 0 amide bonds. The molecule has 4 nitrogen and oxygen atoms in total. The second-order valence-corrected chi connectivity index (χ2v) is 3.09. The highest BCUT2D eigenvalue weighted by Crippen LogP contribution is 2.21. The van der Waals surface area contributed by atoms with Gasteiger partial charge in [-0.1, -0.05) is 6.92 Å². The van der Waals surface area contributed by atoms with Gasteiger partial charge in [0.05, 0.1) is 0 Å². The first kappa shape index (κ1) is 12.0. The second kappa shape index (κ2) is 5.12. The summed E-state index contributed by atoms with van der Waals surface area (Å²) in [5.41, 5.74) is -0.157. The van der Waals surface area contributed by atoms with Crippen molar-refractivity contribution in [3.8, 4) is 11.8 Å². The van der Waals surface area contributed by atoms with Crippen LogP contribution in [0.4, 0.5) is 4.39 Å². The Kier molecular flexibility index (Phi) is 3.84. The molecule has 84 valence electrons. The van der Waals surface area contributed by atoms with Crippen molar-refractivity contribution in [1.29, 1.82) is 5.26 Å². The molecule has 0 spiro atoms. The number of aromatic carboxylic acids is 1. The molecule has 16 heavy (non-hydrogen) atoms. The molecule has 0 aliphatic carbocycles. The molecule has 0 saturated heterocycles. The van der Waals surface area contributed by atoms with E-state index in [1.54, 1.807) is 6.92 Å². The monoisotopic (exact) mass is 223 g/mol. The van der Waals surface area contributed by atoms with Crippen LogP contribution in [0.2, 0.25) is 0 Å². The van der Waals surface area contributed by atoms with Crippen molar-refractivity contribution in [3.63, 3.8) is 0 Å². The Morgan fingerprint density at radius 1 is 1.69 bits per heavy atom. The van der Waals surface area contributed by atoms with E-state index in [2.05, 4.69) is 0 Å². The number of benzene rings is 1. The highest BCUT2D eigenvalue weighted by molar-refractivity contribution is 5.90. The molecule has 1 N–H and O–H groups in total. The summed E-state index contributed by atoms with van der Waals surface area (Å²) in [7, 11) is 0. The largest absolute Gasteiger partial charge is 0.478 e.